The zero-order chi connectivity index (χ0) is 15.4. The fraction of sp³-hybridized carbons (Fsp3) is 0.882. The number of ether oxygens (including phenoxy) is 3. The topological polar surface area (TPSA) is 54.5 Å². The van der Waals surface area contributed by atoms with Gasteiger partial charge in [0, 0.05) is 7.11 Å². The number of aliphatic hydroxyl groups is 1. The number of hydrogen-bond donors (Lipinski definition) is 1. The first-order chi connectivity index (χ1) is 9.84. The van der Waals surface area contributed by atoms with Gasteiger partial charge in [0.1, 0.15) is 11.2 Å². The van der Waals surface area contributed by atoms with E-state index in [1.54, 1.807) is 7.11 Å². The molecule has 0 aromatic rings. The summed E-state index contributed by atoms with van der Waals surface area (Å²) in [5.41, 5.74) is 0.920. The monoisotopic (exact) mass is 296 g/mol. The van der Waals surface area contributed by atoms with Crippen LogP contribution >= 0.6 is 0 Å². The van der Waals surface area contributed by atoms with Crippen molar-refractivity contribution in [3.05, 3.63) is 11.6 Å². The summed E-state index contributed by atoms with van der Waals surface area (Å²) in [6.45, 7) is 9.21. The van der Waals surface area contributed by atoms with Crippen LogP contribution in [0.3, 0.4) is 0 Å². The summed E-state index contributed by atoms with van der Waals surface area (Å²) in [5, 5.41) is 10.5. The maximum Gasteiger partial charge on any atom is 0.101 e. The van der Waals surface area contributed by atoms with Gasteiger partial charge in [0.05, 0.1) is 30.8 Å². The minimum Gasteiger partial charge on any atom is -0.390 e. The van der Waals surface area contributed by atoms with Gasteiger partial charge in [-0.15, -0.1) is 0 Å². The maximum atomic E-state index is 10.5. The Kier molecular flexibility index (Phi) is 3.72. The highest BCUT2D eigenvalue weighted by Crippen LogP contribution is 2.60. The molecule has 4 nitrogen and oxygen atoms in total. The van der Waals surface area contributed by atoms with Crippen molar-refractivity contribution in [1.29, 1.82) is 0 Å². The zero-order valence-corrected chi connectivity index (χ0v) is 13.8. The van der Waals surface area contributed by atoms with Gasteiger partial charge < -0.3 is 19.3 Å². The molecular weight excluding hydrogens is 268 g/mol. The summed E-state index contributed by atoms with van der Waals surface area (Å²) in [6, 6.07) is 0. The van der Waals surface area contributed by atoms with Crippen molar-refractivity contribution in [2.75, 3.05) is 13.7 Å². The lowest BCUT2D eigenvalue weighted by Crippen LogP contribution is -2.57. The first-order valence-corrected chi connectivity index (χ1v) is 8.00. The molecule has 7 atom stereocenters. The van der Waals surface area contributed by atoms with Crippen LogP contribution < -0.4 is 0 Å². The fourth-order valence-corrected chi connectivity index (χ4v) is 4.30. The van der Waals surface area contributed by atoms with E-state index in [2.05, 4.69) is 33.8 Å². The highest BCUT2D eigenvalue weighted by atomic mass is 16.6. The molecule has 2 aliphatic heterocycles. The highest BCUT2D eigenvalue weighted by molar-refractivity contribution is 5.21. The normalized spacial score (nSPS) is 51.8. The van der Waals surface area contributed by atoms with E-state index in [0.29, 0.717) is 0 Å². The first-order valence-electron chi connectivity index (χ1n) is 8.00. The van der Waals surface area contributed by atoms with E-state index < -0.39 is 6.10 Å². The molecule has 2 heterocycles. The molecule has 2 saturated heterocycles. The molecule has 7 unspecified atom stereocenters. The molecule has 1 saturated carbocycles. The lowest BCUT2D eigenvalue weighted by atomic mass is 9.65. The van der Waals surface area contributed by atoms with Gasteiger partial charge in [0.2, 0.25) is 0 Å². The molecule has 1 aliphatic carbocycles. The largest absolute Gasteiger partial charge is 0.390 e. The summed E-state index contributed by atoms with van der Waals surface area (Å²) in [7, 11) is 1.69. The Hall–Kier alpha value is -0.420. The Morgan fingerprint density at radius 3 is 2.62 bits per heavy atom. The maximum absolute atomic E-state index is 10.5. The number of hydrogen-bond acceptors (Lipinski definition) is 4. The Labute approximate surface area is 127 Å². The van der Waals surface area contributed by atoms with Gasteiger partial charge in [-0.1, -0.05) is 18.6 Å². The van der Waals surface area contributed by atoms with Crippen molar-refractivity contribution in [2.24, 2.45) is 11.8 Å². The Bertz CT molecular complexity index is 438. The average Bonchev–Trinajstić information content (AvgIpc) is 3.31. The number of aliphatic hydroxyl groups excluding tert-OH is 1. The van der Waals surface area contributed by atoms with Crippen LogP contribution in [0.4, 0.5) is 0 Å². The second-order valence-electron chi connectivity index (χ2n) is 7.51. The van der Waals surface area contributed by atoms with E-state index in [9.17, 15) is 5.11 Å². The van der Waals surface area contributed by atoms with Gasteiger partial charge in [-0.05, 0) is 39.5 Å². The molecular formula is C17H28O4. The Morgan fingerprint density at radius 2 is 2.10 bits per heavy atom. The van der Waals surface area contributed by atoms with Gasteiger partial charge in [0.15, 0.2) is 0 Å². The van der Waals surface area contributed by atoms with Crippen LogP contribution in [0.1, 0.15) is 40.5 Å². The lowest BCUT2D eigenvalue weighted by Gasteiger charge is -2.44. The van der Waals surface area contributed by atoms with Gasteiger partial charge in [-0.2, -0.15) is 0 Å². The summed E-state index contributed by atoms with van der Waals surface area (Å²) in [6.07, 6.45) is 3.59. The second kappa shape index (κ2) is 5.05. The molecule has 120 valence electrons. The summed E-state index contributed by atoms with van der Waals surface area (Å²) >= 11 is 0. The third-order valence-corrected chi connectivity index (χ3v) is 5.61. The molecule has 4 heteroatoms. The highest BCUT2D eigenvalue weighted by Gasteiger charge is 2.72. The molecule has 3 aliphatic rings. The lowest BCUT2D eigenvalue weighted by molar-refractivity contribution is -0.137. The van der Waals surface area contributed by atoms with Gasteiger partial charge >= 0.3 is 0 Å². The van der Waals surface area contributed by atoms with E-state index >= 15 is 0 Å². The van der Waals surface area contributed by atoms with E-state index in [4.69, 9.17) is 14.2 Å². The summed E-state index contributed by atoms with van der Waals surface area (Å²) < 4.78 is 17.6. The van der Waals surface area contributed by atoms with Crippen molar-refractivity contribution < 1.29 is 19.3 Å². The minimum absolute atomic E-state index is 0.108. The summed E-state index contributed by atoms with van der Waals surface area (Å²) in [5.74, 6) is 0.309. The molecule has 0 amide bonds. The van der Waals surface area contributed by atoms with E-state index in [0.717, 1.165) is 19.4 Å². The average molecular weight is 296 g/mol. The Morgan fingerprint density at radius 1 is 1.43 bits per heavy atom. The number of methoxy groups -OCH3 is 1. The zero-order valence-electron chi connectivity index (χ0n) is 13.8. The van der Waals surface area contributed by atoms with Gasteiger partial charge in [0.25, 0.3) is 0 Å². The smallest absolute Gasteiger partial charge is 0.101 e. The fourth-order valence-electron chi connectivity index (χ4n) is 4.30. The molecule has 0 bridgehead atoms. The molecule has 3 rings (SSSR count). The quantitative estimate of drug-likeness (QED) is 0.639. The molecule has 3 fully saturated rings. The molecule has 0 aromatic carbocycles. The predicted molar refractivity (Wildman–Crippen MR) is 80.1 cm³/mol. The van der Waals surface area contributed by atoms with Crippen molar-refractivity contribution >= 4 is 0 Å². The minimum atomic E-state index is -0.444. The Balaban J connectivity index is 1.81. The number of epoxide rings is 2. The van der Waals surface area contributed by atoms with Crippen molar-refractivity contribution in [1.82, 2.24) is 0 Å². The number of rotatable bonds is 4. The van der Waals surface area contributed by atoms with Crippen molar-refractivity contribution in [3.8, 4) is 0 Å². The first kappa shape index (κ1) is 15.5. The van der Waals surface area contributed by atoms with Crippen LogP contribution in [0.15, 0.2) is 11.6 Å². The SMILES string of the molecule is COC1C(O)C(C)CC2(CO2)C1C1(C)OC1CC=C(C)C. The van der Waals surface area contributed by atoms with Crippen LogP contribution in [0.5, 0.6) is 0 Å². The predicted octanol–water partition coefficient (Wildman–Crippen LogP) is 2.30. The standard InChI is InChI=1S/C17H28O4/c1-10(2)6-7-12-16(4,21-12)15-14(19-5)13(18)11(3)8-17(15)9-20-17/h6,11-15,18H,7-9H2,1-5H3. The molecule has 1 spiro atoms. The molecule has 0 aromatic heterocycles. The van der Waals surface area contributed by atoms with Crippen LogP contribution in [-0.2, 0) is 14.2 Å². The van der Waals surface area contributed by atoms with Gasteiger partial charge in [-0.3, -0.25) is 0 Å². The van der Waals surface area contributed by atoms with Crippen molar-refractivity contribution in [2.45, 2.75) is 70.1 Å². The summed E-state index contributed by atoms with van der Waals surface area (Å²) in [4.78, 5) is 0. The third kappa shape index (κ3) is 2.46. The third-order valence-electron chi connectivity index (χ3n) is 5.61. The van der Waals surface area contributed by atoms with E-state index in [1.165, 1.54) is 5.57 Å². The van der Waals surface area contributed by atoms with Crippen LogP contribution in [-0.4, -0.2) is 48.3 Å². The van der Waals surface area contributed by atoms with Crippen LogP contribution in [0, 0.1) is 11.8 Å². The van der Waals surface area contributed by atoms with Gasteiger partial charge in [-0.25, -0.2) is 0 Å². The van der Waals surface area contributed by atoms with Crippen LogP contribution in [0.25, 0.3) is 0 Å². The molecule has 0 radical (unpaired) electrons. The van der Waals surface area contributed by atoms with E-state index in [-0.39, 0.29) is 35.2 Å². The molecule has 1 N–H and O–H groups in total. The molecule has 21 heavy (non-hydrogen) atoms. The second-order valence-corrected chi connectivity index (χ2v) is 7.51. The van der Waals surface area contributed by atoms with E-state index in [1.807, 2.05) is 0 Å². The number of allylic oxidation sites excluding steroid dienone is 1. The van der Waals surface area contributed by atoms with Crippen LogP contribution in [0.2, 0.25) is 0 Å². The van der Waals surface area contributed by atoms with Crippen molar-refractivity contribution in [3.63, 3.8) is 0 Å².